The molecule has 0 unspecified atom stereocenters. The van der Waals surface area contributed by atoms with Crippen molar-refractivity contribution in [3.63, 3.8) is 0 Å². The van der Waals surface area contributed by atoms with Gasteiger partial charge in [-0.2, -0.15) is 0 Å². The molecule has 0 N–H and O–H groups in total. The highest BCUT2D eigenvalue weighted by molar-refractivity contribution is 7.91. The standard InChI is InChI=1S/C9H10ClNO4S/c1-6-4-9(7(2)3-8(6)10)16(14,15)5-11(12)13/h3-4H,5H2,1-2H3. The van der Waals surface area contributed by atoms with Crippen LogP contribution in [-0.2, 0) is 9.84 Å². The van der Waals surface area contributed by atoms with Crippen molar-refractivity contribution in [2.24, 2.45) is 0 Å². The number of nitro groups is 1. The Bertz CT molecular complexity index is 539. The number of halogens is 1. The Balaban J connectivity index is 3.34. The minimum atomic E-state index is -3.89. The van der Waals surface area contributed by atoms with Gasteiger partial charge in [0, 0.05) is 9.95 Å². The molecule has 0 atom stereocenters. The zero-order valence-corrected chi connectivity index (χ0v) is 10.3. The van der Waals surface area contributed by atoms with Crippen LogP contribution < -0.4 is 0 Å². The van der Waals surface area contributed by atoms with Crippen LogP contribution >= 0.6 is 11.6 Å². The maximum Gasteiger partial charge on any atom is 0.305 e. The fraction of sp³-hybridized carbons (Fsp3) is 0.333. The summed E-state index contributed by atoms with van der Waals surface area (Å²) < 4.78 is 23.3. The number of hydrogen-bond acceptors (Lipinski definition) is 4. The Morgan fingerprint density at radius 3 is 2.38 bits per heavy atom. The first-order valence-electron chi connectivity index (χ1n) is 4.35. The molecule has 0 aromatic heterocycles. The number of aryl methyl sites for hydroxylation is 2. The summed E-state index contributed by atoms with van der Waals surface area (Å²) in [6, 6.07) is 2.85. The van der Waals surface area contributed by atoms with Crippen molar-refractivity contribution in [3.05, 3.63) is 38.4 Å². The molecule has 0 radical (unpaired) electrons. The van der Waals surface area contributed by atoms with Gasteiger partial charge in [-0.1, -0.05) is 11.6 Å². The van der Waals surface area contributed by atoms with Gasteiger partial charge in [-0.05, 0) is 37.1 Å². The molecule has 1 aromatic carbocycles. The van der Waals surface area contributed by atoms with Gasteiger partial charge in [0.25, 0.3) is 0 Å². The van der Waals surface area contributed by atoms with E-state index in [1.54, 1.807) is 13.8 Å². The van der Waals surface area contributed by atoms with E-state index < -0.39 is 20.6 Å². The summed E-state index contributed by atoms with van der Waals surface area (Å²) in [4.78, 5) is 9.35. The van der Waals surface area contributed by atoms with Gasteiger partial charge in [-0.3, -0.25) is 10.1 Å². The molecule has 0 aliphatic carbocycles. The summed E-state index contributed by atoms with van der Waals surface area (Å²) in [5.41, 5.74) is 0.992. The van der Waals surface area contributed by atoms with Gasteiger partial charge in [0.05, 0.1) is 4.90 Å². The normalized spacial score (nSPS) is 11.4. The number of hydrogen-bond donors (Lipinski definition) is 0. The highest BCUT2D eigenvalue weighted by Gasteiger charge is 2.23. The van der Waals surface area contributed by atoms with E-state index >= 15 is 0 Å². The average molecular weight is 264 g/mol. The first-order chi connectivity index (χ1) is 7.24. The van der Waals surface area contributed by atoms with E-state index in [2.05, 4.69) is 0 Å². The molecule has 5 nitrogen and oxygen atoms in total. The Morgan fingerprint density at radius 2 is 1.88 bits per heavy atom. The van der Waals surface area contributed by atoms with Gasteiger partial charge in [0.15, 0.2) is 0 Å². The van der Waals surface area contributed by atoms with Crippen LogP contribution in [0.25, 0.3) is 0 Å². The molecule has 0 saturated heterocycles. The fourth-order valence-corrected chi connectivity index (χ4v) is 2.84. The van der Waals surface area contributed by atoms with Crippen molar-refractivity contribution in [2.45, 2.75) is 18.7 Å². The molecule has 0 heterocycles. The molecular weight excluding hydrogens is 254 g/mol. The van der Waals surface area contributed by atoms with Crippen molar-refractivity contribution in [1.82, 2.24) is 0 Å². The molecule has 16 heavy (non-hydrogen) atoms. The second-order valence-corrected chi connectivity index (χ2v) is 5.78. The minimum absolute atomic E-state index is 0.0360. The summed E-state index contributed by atoms with van der Waals surface area (Å²) in [5, 5.41) is 10.7. The van der Waals surface area contributed by atoms with Crippen LogP contribution in [0.2, 0.25) is 5.02 Å². The van der Waals surface area contributed by atoms with Crippen molar-refractivity contribution in [1.29, 1.82) is 0 Å². The molecule has 0 fully saturated rings. The van der Waals surface area contributed by atoms with E-state index in [0.29, 0.717) is 16.1 Å². The third-order valence-electron chi connectivity index (χ3n) is 2.07. The molecule has 0 amide bonds. The summed E-state index contributed by atoms with van der Waals surface area (Å²) in [7, 11) is -3.89. The smallest absolute Gasteiger partial charge is 0.263 e. The van der Waals surface area contributed by atoms with Gasteiger partial charge in [0.2, 0.25) is 9.84 Å². The Labute approximate surface area is 98.1 Å². The van der Waals surface area contributed by atoms with E-state index in [4.69, 9.17) is 11.6 Å². The lowest BCUT2D eigenvalue weighted by Gasteiger charge is -2.07. The van der Waals surface area contributed by atoms with Crippen LogP contribution in [0.15, 0.2) is 17.0 Å². The summed E-state index contributed by atoms with van der Waals surface area (Å²) in [6.45, 7) is 3.20. The lowest BCUT2D eigenvalue weighted by atomic mass is 10.2. The third-order valence-corrected chi connectivity index (χ3v) is 4.13. The number of nitrogens with zero attached hydrogens (tertiary/aromatic N) is 1. The van der Waals surface area contributed by atoms with Crippen LogP contribution in [0.5, 0.6) is 0 Å². The molecule has 0 aliphatic heterocycles. The third kappa shape index (κ3) is 2.70. The minimum Gasteiger partial charge on any atom is -0.263 e. The monoisotopic (exact) mass is 263 g/mol. The lowest BCUT2D eigenvalue weighted by Crippen LogP contribution is -2.15. The summed E-state index contributed by atoms with van der Waals surface area (Å²) in [5.74, 6) is -1.10. The Kier molecular flexibility index (Phi) is 3.54. The van der Waals surface area contributed by atoms with Crippen molar-refractivity contribution >= 4 is 21.4 Å². The second kappa shape index (κ2) is 4.39. The zero-order chi connectivity index (χ0) is 12.5. The molecule has 0 saturated carbocycles. The Morgan fingerprint density at radius 1 is 1.31 bits per heavy atom. The van der Waals surface area contributed by atoms with E-state index in [1.807, 2.05) is 0 Å². The largest absolute Gasteiger partial charge is 0.305 e. The van der Waals surface area contributed by atoms with Crippen molar-refractivity contribution in [3.8, 4) is 0 Å². The van der Waals surface area contributed by atoms with Gasteiger partial charge in [0.1, 0.15) is 0 Å². The molecule has 7 heteroatoms. The van der Waals surface area contributed by atoms with Crippen LogP contribution in [0.1, 0.15) is 11.1 Å². The van der Waals surface area contributed by atoms with E-state index in [9.17, 15) is 18.5 Å². The van der Waals surface area contributed by atoms with E-state index in [1.165, 1.54) is 12.1 Å². The van der Waals surface area contributed by atoms with E-state index in [-0.39, 0.29) is 4.90 Å². The summed E-state index contributed by atoms with van der Waals surface area (Å²) in [6.07, 6.45) is 0. The maximum absolute atomic E-state index is 11.6. The van der Waals surface area contributed by atoms with Crippen LogP contribution in [0, 0.1) is 24.0 Å². The fourth-order valence-electron chi connectivity index (χ4n) is 1.30. The zero-order valence-electron chi connectivity index (χ0n) is 8.73. The highest BCUT2D eigenvalue weighted by Crippen LogP contribution is 2.24. The van der Waals surface area contributed by atoms with Gasteiger partial charge in [-0.25, -0.2) is 8.42 Å². The highest BCUT2D eigenvalue weighted by atomic mass is 35.5. The number of sulfone groups is 1. The first-order valence-corrected chi connectivity index (χ1v) is 6.38. The SMILES string of the molecule is Cc1cc(S(=O)(=O)C[N+](=O)[O-])c(C)cc1Cl. The van der Waals surface area contributed by atoms with E-state index in [0.717, 1.165) is 0 Å². The molecule has 0 spiro atoms. The molecule has 0 bridgehead atoms. The average Bonchev–Trinajstić information content (AvgIpc) is 2.08. The molecular formula is C9H10ClNO4S. The van der Waals surface area contributed by atoms with Crippen LogP contribution in [-0.4, -0.2) is 19.2 Å². The molecule has 1 rings (SSSR count). The van der Waals surface area contributed by atoms with Gasteiger partial charge in [-0.15, -0.1) is 0 Å². The predicted octanol–water partition coefficient (Wildman–Crippen LogP) is 1.96. The topological polar surface area (TPSA) is 77.3 Å². The predicted molar refractivity (Wildman–Crippen MR) is 60.0 cm³/mol. The second-order valence-electron chi connectivity index (χ2n) is 3.44. The number of benzene rings is 1. The van der Waals surface area contributed by atoms with Crippen LogP contribution in [0.4, 0.5) is 0 Å². The van der Waals surface area contributed by atoms with Crippen LogP contribution in [0.3, 0.4) is 0 Å². The molecule has 0 aliphatic rings. The van der Waals surface area contributed by atoms with Gasteiger partial charge >= 0.3 is 5.88 Å². The summed E-state index contributed by atoms with van der Waals surface area (Å²) >= 11 is 5.81. The molecule has 88 valence electrons. The Hall–Kier alpha value is -1.14. The quantitative estimate of drug-likeness (QED) is 0.617. The first kappa shape index (κ1) is 12.9. The van der Waals surface area contributed by atoms with Crippen molar-refractivity contribution < 1.29 is 13.3 Å². The van der Waals surface area contributed by atoms with Crippen molar-refractivity contribution in [2.75, 3.05) is 5.88 Å². The van der Waals surface area contributed by atoms with Gasteiger partial charge < -0.3 is 0 Å². The number of rotatable bonds is 3. The lowest BCUT2D eigenvalue weighted by molar-refractivity contribution is -0.458. The molecule has 1 aromatic rings. The maximum atomic E-state index is 11.6.